The summed E-state index contributed by atoms with van der Waals surface area (Å²) in [6.07, 6.45) is 1.31. The van der Waals surface area contributed by atoms with Crippen molar-refractivity contribution in [2.45, 2.75) is 44.1 Å². The van der Waals surface area contributed by atoms with Gasteiger partial charge in [0.1, 0.15) is 17.1 Å². The average Bonchev–Trinajstić information content (AvgIpc) is 3.06. The lowest BCUT2D eigenvalue weighted by atomic mass is 9.91. The topological polar surface area (TPSA) is 109 Å². The van der Waals surface area contributed by atoms with Crippen LogP contribution >= 0.6 is 0 Å². The molecule has 0 spiro atoms. The average molecular weight is 419 g/mol. The van der Waals surface area contributed by atoms with Crippen LogP contribution in [0.5, 0.6) is 5.75 Å². The summed E-state index contributed by atoms with van der Waals surface area (Å²) in [5.41, 5.74) is 13.2. The quantitative estimate of drug-likeness (QED) is 0.672. The number of nitrogens with two attached hydrogens (primary N) is 2. The van der Waals surface area contributed by atoms with E-state index in [2.05, 4.69) is 14.7 Å². The Morgan fingerprint density at radius 1 is 1.13 bits per heavy atom. The van der Waals surface area contributed by atoms with Gasteiger partial charge < -0.3 is 20.8 Å². The highest BCUT2D eigenvalue weighted by molar-refractivity contribution is 5.92. The molecule has 2 aromatic heterocycles. The Bertz CT molecular complexity index is 1090. The van der Waals surface area contributed by atoms with Gasteiger partial charge in [0.2, 0.25) is 0 Å². The first-order valence-corrected chi connectivity index (χ1v) is 9.50. The van der Waals surface area contributed by atoms with Crippen LogP contribution in [-0.2, 0) is 0 Å². The molecule has 2 heterocycles. The number of carbonyl (C=O) groups excluding carboxylic acids is 1. The van der Waals surface area contributed by atoms with Crippen molar-refractivity contribution >= 4 is 16.8 Å². The van der Waals surface area contributed by atoms with Crippen LogP contribution in [-0.4, -0.2) is 32.8 Å². The third kappa shape index (κ3) is 4.09. The lowest BCUT2D eigenvalue weighted by Gasteiger charge is -2.29. The van der Waals surface area contributed by atoms with Crippen LogP contribution in [0.4, 0.5) is 13.2 Å². The van der Waals surface area contributed by atoms with Crippen molar-refractivity contribution < 1.29 is 22.7 Å². The van der Waals surface area contributed by atoms with Crippen LogP contribution in [0.1, 0.15) is 42.2 Å². The lowest BCUT2D eigenvalue weighted by Crippen LogP contribution is -2.28. The zero-order valence-corrected chi connectivity index (χ0v) is 15.9. The van der Waals surface area contributed by atoms with Crippen LogP contribution in [0.15, 0.2) is 36.7 Å². The van der Waals surface area contributed by atoms with E-state index in [0.29, 0.717) is 16.8 Å². The van der Waals surface area contributed by atoms with Crippen LogP contribution in [0.3, 0.4) is 0 Å². The second-order valence-corrected chi connectivity index (χ2v) is 7.39. The van der Waals surface area contributed by atoms with E-state index in [9.17, 15) is 18.0 Å². The Balaban J connectivity index is 1.85. The smallest absolute Gasteiger partial charge is 0.406 e. The van der Waals surface area contributed by atoms with Crippen molar-refractivity contribution in [2.75, 3.05) is 0 Å². The highest BCUT2D eigenvalue weighted by atomic mass is 19.4. The van der Waals surface area contributed by atoms with E-state index in [4.69, 9.17) is 11.5 Å². The molecule has 4 rings (SSSR count). The van der Waals surface area contributed by atoms with Crippen LogP contribution in [0, 0.1) is 0 Å². The van der Waals surface area contributed by atoms with E-state index in [0.717, 1.165) is 31.2 Å². The summed E-state index contributed by atoms with van der Waals surface area (Å²) in [6.45, 7) is 0. The summed E-state index contributed by atoms with van der Waals surface area (Å²) in [7, 11) is 0. The van der Waals surface area contributed by atoms with E-state index < -0.39 is 12.3 Å². The predicted molar refractivity (Wildman–Crippen MR) is 104 cm³/mol. The van der Waals surface area contributed by atoms with Crippen molar-refractivity contribution in [1.29, 1.82) is 0 Å². The van der Waals surface area contributed by atoms with Crippen molar-refractivity contribution in [3.63, 3.8) is 0 Å². The fourth-order valence-electron chi connectivity index (χ4n) is 3.97. The molecule has 3 aromatic rings. The Hall–Kier alpha value is -3.14. The van der Waals surface area contributed by atoms with E-state index >= 15 is 0 Å². The standard InChI is InChI=1S/C20H20F3N5O2/c21-20(22,23)30-14-5-6-17-11(7-14)8-18(15-9-26-10-16(27-15)19(25)29)28(17)13-3-1-12(24)2-4-13/h5-10,12-13H,1-4,24H2,(H2,25,29). The number of benzene rings is 1. The van der Waals surface area contributed by atoms with E-state index in [1.807, 2.05) is 4.57 Å². The molecule has 30 heavy (non-hydrogen) atoms. The van der Waals surface area contributed by atoms with Gasteiger partial charge in [0.15, 0.2) is 0 Å². The van der Waals surface area contributed by atoms with Gasteiger partial charge in [-0.15, -0.1) is 13.2 Å². The first kappa shape index (κ1) is 20.1. The third-order valence-corrected chi connectivity index (χ3v) is 5.30. The number of carbonyl (C=O) groups is 1. The number of primary amides is 1. The molecule has 10 heteroatoms. The molecule has 1 aliphatic carbocycles. The van der Waals surface area contributed by atoms with Crippen molar-refractivity contribution in [1.82, 2.24) is 14.5 Å². The van der Waals surface area contributed by atoms with Gasteiger partial charge in [-0.05, 0) is 49.9 Å². The first-order chi connectivity index (χ1) is 14.2. The molecule has 1 amide bonds. The van der Waals surface area contributed by atoms with Crippen LogP contribution in [0.25, 0.3) is 22.3 Å². The van der Waals surface area contributed by atoms with Gasteiger partial charge in [0.05, 0.1) is 18.1 Å². The van der Waals surface area contributed by atoms with E-state index in [-0.39, 0.29) is 23.5 Å². The minimum atomic E-state index is -4.78. The van der Waals surface area contributed by atoms with Gasteiger partial charge in [-0.1, -0.05) is 0 Å². The van der Waals surface area contributed by atoms with Crippen LogP contribution < -0.4 is 16.2 Å². The molecule has 0 aliphatic heterocycles. The summed E-state index contributed by atoms with van der Waals surface area (Å²) in [4.78, 5) is 19.9. The predicted octanol–water partition coefficient (Wildman–Crippen LogP) is 3.54. The number of amides is 1. The number of ether oxygens (including phenoxy) is 1. The molecular formula is C20H20F3N5O2. The molecule has 1 aliphatic rings. The third-order valence-electron chi connectivity index (χ3n) is 5.30. The van der Waals surface area contributed by atoms with Crippen molar-refractivity contribution in [2.24, 2.45) is 11.5 Å². The van der Waals surface area contributed by atoms with Gasteiger partial charge in [0.25, 0.3) is 5.91 Å². The minimum absolute atomic E-state index is 0.0102. The molecule has 0 saturated heterocycles. The summed E-state index contributed by atoms with van der Waals surface area (Å²) < 4.78 is 44.0. The number of hydrogen-bond donors (Lipinski definition) is 2. The summed E-state index contributed by atoms with van der Waals surface area (Å²) in [5.74, 6) is -1.02. The molecule has 7 nitrogen and oxygen atoms in total. The Morgan fingerprint density at radius 2 is 1.87 bits per heavy atom. The molecule has 1 fully saturated rings. The van der Waals surface area contributed by atoms with Gasteiger partial charge >= 0.3 is 6.36 Å². The van der Waals surface area contributed by atoms with Gasteiger partial charge in [-0.3, -0.25) is 9.78 Å². The highest BCUT2D eigenvalue weighted by Crippen LogP contribution is 2.38. The van der Waals surface area contributed by atoms with Crippen molar-refractivity contribution in [3.05, 3.63) is 42.4 Å². The molecule has 4 N–H and O–H groups in total. The van der Waals surface area contributed by atoms with Gasteiger partial charge in [0, 0.05) is 23.0 Å². The number of halogens is 3. The minimum Gasteiger partial charge on any atom is -0.406 e. The largest absolute Gasteiger partial charge is 0.573 e. The summed E-state index contributed by atoms with van der Waals surface area (Å²) in [5, 5.41) is 0.563. The Morgan fingerprint density at radius 3 is 2.53 bits per heavy atom. The number of nitrogens with zero attached hydrogens (tertiary/aromatic N) is 3. The normalized spacial score (nSPS) is 19.7. The maximum absolute atomic E-state index is 12.6. The fourth-order valence-corrected chi connectivity index (χ4v) is 3.97. The zero-order valence-electron chi connectivity index (χ0n) is 15.9. The molecule has 0 bridgehead atoms. The van der Waals surface area contributed by atoms with Crippen LogP contribution in [0.2, 0.25) is 0 Å². The number of aromatic nitrogens is 3. The maximum Gasteiger partial charge on any atom is 0.573 e. The first-order valence-electron chi connectivity index (χ1n) is 9.50. The number of fused-ring (bicyclic) bond motifs is 1. The molecule has 0 radical (unpaired) electrons. The SMILES string of the molecule is NC(=O)c1cncc(-c2cc3cc(OC(F)(F)F)ccc3n2C2CCC(N)CC2)n1. The second kappa shape index (κ2) is 7.60. The number of rotatable bonds is 4. The maximum atomic E-state index is 12.6. The number of hydrogen-bond acceptors (Lipinski definition) is 5. The second-order valence-electron chi connectivity index (χ2n) is 7.39. The molecule has 0 atom stereocenters. The lowest BCUT2D eigenvalue weighted by molar-refractivity contribution is -0.274. The van der Waals surface area contributed by atoms with Gasteiger partial charge in [-0.2, -0.15) is 0 Å². The molecule has 158 valence electrons. The molecule has 0 unspecified atom stereocenters. The Labute approximate surface area is 169 Å². The molecular weight excluding hydrogens is 399 g/mol. The number of alkyl halides is 3. The van der Waals surface area contributed by atoms with Gasteiger partial charge in [-0.25, -0.2) is 4.98 Å². The van der Waals surface area contributed by atoms with E-state index in [1.54, 1.807) is 12.1 Å². The zero-order chi connectivity index (χ0) is 21.5. The highest BCUT2D eigenvalue weighted by Gasteiger charge is 2.31. The Kier molecular flexibility index (Phi) is 5.10. The molecule has 1 aromatic carbocycles. The molecule has 1 saturated carbocycles. The van der Waals surface area contributed by atoms with E-state index in [1.165, 1.54) is 24.5 Å². The fraction of sp³-hybridized carbons (Fsp3) is 0.350. The van der Waals surface area contributed by atoms with Crippen molar-refractivity contribution in [3.8, 4) is 17.1 Å². The summed E-state index contributed by atoms with van der Waals surface area (Å²) >= 11 is 0. The summed E-state index contributed by atoms with van der Waals surface area (Å²) in [6, 6.07) is 6.17. The monoisotopic (exact) mass is 419 g/mol.